The van der Waals surface area contributed by atoms with Crippen molar-refractivity contribution in [2.75, 3.05) is 39.4 Å². The maximum atomic E-state index is 13.0. The Morgan fingerprint density at radius 2 is 1.62 bits per heavy atom. The van der Waals surface area contributed by atoms with E-state index in [4.69, 9.17) is 9.47 Å². The van der Waals surface area contributed by atoms with Crippen LogP contribution in [0.3, 0.4) is 0 Å². The van der Waals surface area contributed by atoms with Crippen molar-refractivity contribution in [3.63, 3.8) is 0 Å². The van der Waals surface area contributed by atoms with Crippen LogP contribution in [-0.2, 0) is 14.3 Å². The summed E-state index contributed by atoms with van der Waals surface area (Å²) < 4.78 is 23.1. The lowest BCUT2D eigenvalue weighted by atomic mass is 10.2. The van der Waals surface area contributed by atoms with Crippen LogP contribution in [0.2, 0.25) is 0 Å². The maximum Gasteiger partial charge on any atom is 0.409 e. The Morgan fingerprint density at radius 1 is 0.966 bits per heavy atom. The van der Waals surface area contributed by atoms with E-state index in [1.165, 1.54) is 23.5 Å². The van der Waals surface area contributed by atoms with Crippen LogP contribution in [0.15, 0.2) is 36.4 Å². The van der Waals surface area contributed by atoms with Crippen LogP contribution in [-0.4, -0.2) is 67.2 Å². The van der Waals surface area contributed by atoms with Gasteiger partial charge in [0.2, 0.25) is 0 Å². The fraction of sp³-hybridized carbons (Fsp3) is 0.350. The Balaban J connectivity index is 1.48. The van der Waals surface area contributed by atoms with Crippen LogP contribution in [0, 0.1) is 5.82 Å². The molecule has 1 aromatic carbocycles. The van der Waals surface area contributed by atoms with Crippen molar-refractivity contribution in [3.05, 3.63) is 47.1 Å². The molecule has 7 nitrogen and oxygen atoms in total. The first-order valence-electron chi connectivity index (χ1n) is 9.20. The number of nitrogens with zero attached hydrogens (tertiary/aromatic N) is 2. The highest BCUT2D eigenvalue weighted by Gasteiger charge is 2.25. The summed E-state index contributed by atoms with van der Waals surface area (Å²) in [5.74, 6) is -1.22. The second kappa shape index (κ2) is 9.51. The summed E-state index contributed by atoms with van der Waals surface area (Å²) in [6.07, 6.45) is -0.388. The minimum Gasteiger partial charge on any atom is -0.451 e. The van der Waals surface area contributed by atoms with Gasteiger partial charge in [-0.1, -0.05) is 12.1 Å². The smallest absolute Gasteiger partial charge is 0.409 e. The van der Waals surface area contributed by atoms with Crippen LogP contribution in [0.1, 0.15) is 16.6 Å². The molecule has 29 heavy (non-hydrogen) atoms. The van der Waals surface area contributed by atoms with E-state index in [-0.39, 0.29) is 24.4 Å². The molecule has 1 aliphatic heterocycles. The van der Waals surface area contributed by atoms with Gasteiger partial charge in [0.25, 0.3) is 5.91 Å². The van der Waals surface area contributed by atoms with Crippen molar-refractivity contribution in [3.8, 4) is 10.4 Å². The molecule has 2 aromatic rings. The van der Waals surface area contributed by atoms with Gasteiger partial charge in [0.05, 0.1) is 6.61 Å². The van der Waals surface area contributed by atoms with Crippen LogP contribution >= 0.6 is 11.3 Å². The Bertz CT molecular complexity index is 875. The molecule has 2 amide bonds. The summed E-state index contributed by atoms with van der Waals surface area (Å²) >= 11 is 1.22. The van der Waals surface area contributed by atoms with Gasteiger partial charge in [0, 0.05) is 31.1 Å². The third-order valence-electron chi connectivity index (χ3n) is 4.42. The normalized spacial score (nSPS) is 13.9. The summed E-state index contributed by atoms with van der Waals surface area (Å²) in [6, 6.07) is 9.35. The number of carbonyl (C=O) groups is 3. The molecule has 0 bridgehead atoms. The SMILES string of the molecule is CCOC(=O)N1CCN(C(=O)COC(=O)c2ccc(-c3ccc(F)cc3)s2)CC1. The summed E-state index contributed by atoms with van der Waals surface area (Å²) in [5, 5.41) is 0. The lowest BCUT2D eigenvalue weighted by Gasteiger charge is -2.33. The molecule has 154 valence electrons. The van der Waals surface area contributed by atoms with Gasteiger partial charge in [-0.3, -0.25) is 4.79 Å². The number of esters is 1. The van der Waals surface area contributed by atoms with E-state index < -0.39 is 5.97 Å². The Kier molecular flexibility index (Phi) is 6.82. The molecule has 0 spiro atoms. The van der Waals surface area contributed by atoms with E-state index in [1.54, 1.807) is 41.0 Å². The number of piperazine rings is 1. The number of hydrogen-bond donors (Lipinski definition) is 0. The lowest BCUT2D eigenvalue weighted by molar-refractivity contribution is -0.136. The van der Waals surface area contributed by atoms with Crippen LogP contribution in [0.25, 0.3) is 10.4 Å². The zero-order valence-corrected chi connectivity index (χ0v) is 16.7. The van der Waals surface area contributed by atoms with Crippen LogP contribution < -0.4 is 0 Å². The highest BCUT2D eigenvalue weighted by atomic mass is 32.1. The minimum absolute atomic E-state index is 0.305. The fourth-order valence-electron chi connectivity index (χ4n) is 2.86. The van der Waals surface area contributed by atoms with E-state index in [0.29, 0.717) is 37.7 Å². The highest BCUT2D eigenvalue weighted by molar-refractivity contribution is 7.17. The first-order chi connectivity index (χ1) is 14.0. The summed E-state index contributed by atoms with van der Waals surface area (Å²) in [4.78, 5) is 40.5. The zero-order valence-electron chi connectivity index (χ0n) is 15.9. The van der Waals surface area contributed by atoms with E-state index in [1.807, 2.05) is 0 Å². The number of halogens is 1. The van der Waals surface area contributed by atoms with Gasteiger partial charge in [0.15, 0.2) is 6.61 Å². The molecule has 0 atom stereocenters. The molecule has 1 saturated heterocycles. The van der Waals surface area contributed by atoms with Crippen molar-refractivity contribution in [1.82, 2.24) is 9.80 Å². The number of carbonyl (C=O) groups excluding carboxylic acids is 3. The lowest BCUT2D eigenvalue weighted by Crippen LogP contribution is -2.51. The second-order valence-corrected chi connectivity index (χ2v) is 7.40. The zero-order chi connectivity index (χ0) is 20.8. The van der Waals surface area contributed by atoms with Crippen LogP contribution in [0.4, 0.5) is 9.18 Å². The van der Waals surface area contributed by atoms with Gasteiger partial charge in [-0.15, -0.1) is 11.3 Å². The first kappa shape index (κ1) is 20.8. The number of amides is 2. The van der Waals surface area contributed by atoms with E-state index in [0.717, 1.165) is 10.4 Å². The summed E-state index contributed by atoms with van der Waals surface area (Å²) in [5.41, 5.74) is 0.797. The summed E-state index contributed by atoms with van der Waals surface area (Å²) in [6.45, 7) is 3.17. The maximum absolute atomic E-state index is 13.0. The van der Waals surface area contributed by atoms with Crippen molar-refractivity contribution >= 4 is 29.3 Å². The molecular formula is C20H21FN2O5S. The van der Waals surface area contributed by atoms with E-state index >= 15 is 0 Å². The quantitative estimate of drug-likeness (QED) is 0.695. The van der Waals surface area contributed by atoms with E-state index in [9.17, 15) is 18.8 Å². The van der Waals surface area contributed by atoms with E-state index in [2.05, 4.69) is 0 Å². The number of benzene rings is 1. The molecule has 2 heterocycles. The Morgan fingerprint density at radius 3 is 2.28 bits per heavy atom. The number of ether oxygens (including phenoxy) is 2. The predicted octanol–water partition coefficient (Wildman–Crippen LogP) is 3.01. The molecule has 9 heteroatoms. The van der Waals surface area contributed by atoms with Gasteiger partial charge < -0.3 is 19.3 Å². The third-order valence-corrected chi connectivity index (χ3v) is 5.54. The number of rotatable bonds is 5. The van der Waals surface area contributed by atoms with Gasteiger partial charge >= 0.3 is 12.1 Å². The van der Waals surface area contributed by atoms with Gasteiger partial charge in [-0.2, -0.15) is 0 Å². The largest absolute Gasteiger partial charge is 0.451 e. The summed E-state index contributed by atoms with van der Waals surface area (Å²) in [7, 11) is 0. The molecule has 1 aliphatic rings. The molecule has 0 saturated carbocycles. The fourth-order valence-corrected chi connectivity index (χ4v) is 3.77. The molecule has 0 N–H and O–H groups in total. The van der Waals surface area contributed by atoms with Crippen molar-refractivity contribution < 1.29 is 28.2 Å². The minimum atomic E-state index is -0.582. The highest BCUT2D eigenvalue weighted by Crippen LogP contribution is 2.28. The van der Waals surface area contributed by atoms with Crippen molar-refractivity contribution in [2.24, 2.45) is 0 Å². The molecular weight excluding hydrogens is 399 g/mol. The first-order valence-corrected chi connectivity index (χ1v) is 10.0. The Labute approximate surface area is 171 Å². The Hall–Kier alpha value is -2.94. The van der Waals surface area contributed by atoms with Gasteiger partial charge in [-0.25, -0.2) is 14.0 Å². The molecule has 1 aromatic heterocycles. The molecule has 1 fully saturated rings. The van der Waals surface area contributed by atoms with Crippen LogP contribution in [0.5, 0.6) is 0 Å². The standard InChI is InChI=1S/C20H21FN2O5S/c1-2-27-20(26)23-11-9-22(10-12-23)18(24)13-28-19(25)17-8-7-16(29-17)14-3-5-15(21)6-4-14/h3-8H,2,9-13H2,1H3. The molecule has 0 unspecified atom stereocenters. The monoisotopic (exact) mass is 420 g/mol. The molecule has 0 aliphatic carbocycles. The number of thiophene rings is 1. The van der Waals surface area contributed by atoms with Crippen molar-refractivity contribution in [2.45, 2.75) is 6.92 Å². The van der Waals surface area contributed by atoms with Gasteiger partial charge in [0.1, 0.15) is 10.7 Å². The topological polar surface area (TPSA) is 76.2 Å². The molecule has 3 rings (SSSR count). The second-order valence-electron chi connectivity index (χ2n) is 6.31. The third kappa shape index (κ3) is 5.32. The predicted molar refractivity (Wildman–Crippen MR) is 105 cm³/mol. The van der Waals surface area contributed by atoms with Crippen molar-refractivity contribution in [1.29, 1.82) is 0 Å². The van der Waals surface area contributed by atoms with Gasteiger partial charge in [-0.05, 0) is 36.8 Å². The average molecular weight is 420 g/mol. The average Bonchev–Trinajstić information content (AvgIpc) is 3.23. The number of hydrogen-bond acceptors (Lipinski definition) is 6. The molecule has 0 radical (unpaired) electrons.